The highest BCUT2D eigenvalue weighted by molar-refractivity contribution is 5.75. The maximum Gasteiger partial charge on any atom is 0.184 e. The molecule has 7 heteroatoms. The first-order chi connectivity index (χ1) is 10.7. The number of hydrazine groups is 1. The van der Waals surface area contributed by atoms with Crippen molar-refractivity contribution >= 4 is 5.69 Å². The lowest BCUT2D eigenvalue weighted by molar-refractivity contribution is 0.380. The van der Waals surface area contributed by atoms with E-state index in [4.69, 9.17) is 4.74 Å². The molecule has 0 bridgehead atoms. The fraction of sp³-hybridized carbons (Fsp3) is 0.200. The van der Waals surface area contributed by atoms with Crippen LogP contribution in [0.4, 0.5) is 5.69 Å². The third kappa shape index (κ3) is 2.73. The van der Waals surface area contributed by atoms with Gasteiger partial charge < -0.3 is 15.5 Å². The molecule has 0 fully saturated rings. The van der Waals surface area contributed by atoms with Gasteiger partial charge in [0.1, 0.15) is 6.33 Å². The van der Waals surface area contributed by atoms with Crippen LogP contribution in [0.1, 0.15) is 0 Å². The molecule has 0 spiro atoms. The van der Waals surface area contributed by atoms with Crippen LogP contribution in [0.2, 0.25) is 0 Å². The zero-order chi connectivity index (χ0) is 15.5. The molecule has 0 unspecified atom stereocenters. The van der Waals surface area contributed by atoms with Crippen molar-refractivity contribution in [2.75, 3.05) is 19.5 Å². The van der Waals surface area contributed by atoms with E-state index in [-0.39, 0.29) is 0 Å². The second-order valence-corrected chi connectivity index (χ2v) is 4.91. The standard InChI is InChI=1S/C15H18N6O/c1-20-8-7-11(9-17-20)18-13-6-4-5-12(14(13)22-3)15-16-10-21(2)19-15/h4-10,17-18H,1-3H3. The molecule has 2 aromatic rings. The van der Waals surface area contributed by atoms with Crippen LogP contribution in [0.5, 0.6) is 5.75 Å². The molecule has 114 valence electrons. The number of aromatic nitrogens is 3. The van der Waals surface area contributed by atoms with Crippen molar-refractivity contribution in [1.29, 1.82) is 0 Å². The topological polar surface area (TPSA) is 67.2 Å². The summed E-state index contributed by atoms with van der Waals surface area (Å²) in [6, 6.07) is 5.85. The Kier molecular flexibility index (Phi) is 3.69. The van der Waals surface area contributed by atoms with E-state index >= 15 is 0 Å². The van der Waals surface area contributed by atoms with Crippen LogP contribution in [0.3, 0.4) is 0 Å². The lowest BCUT2D eigenvalue weighted by Gasteiger charge is -2.21. The molecule has 0 atom stereocenters. The van der Waals surface area contributed by atoms with Gasteiger partial charge in [0, 0.05) is 26.5 Å². The number of methoxy groups -OCH3 is 1. The molecule has 1 aromatic heterocycles. The second-order valence-electron chi connectivity index (χ2n) is 4.91. The average molecular weight is 298 g/mol. The number of hydrogen-bond donors (Lipinski definition) is 2. The van der Waals surface area contributed by atoms with Crippen molar-refractivity contribution in [1.82, 2.24) is 25.2 Å². The highest BCUT2D eigenvalue weighted by Gasteiger charge is 2.14. The van der Waals surface area contributed by atoms with Gasteiger partial charge in [-0.05, 0) is 18.2 Å². The zero-order valence-corrected chi connectivity index (χ0v) is 12.7. The van der Waals surface area contributed by atoms with Gasteiger partial charge in [0.2, 0.25) is 0 Å². The minimum Gasteiger partial charge on any atom is -0.494 e. The van der Waals surface area contributed by atoms with E-state index in [2.05, 4.69) is 20.8 Å². The predicted octanol–water partition coefficient (Wildman–Crippen LogP) is 1.71. The number of anilines is 1. The van der Waals surface area contributed by atoms with E-state index in [1.165, 1.54) is 0 Å². The second kappa shape index (κ2) is 5.80. The van der Waals surface area contributed by atoms with E-state index < -0.39 is 0 Å². The number of hydrogen-bond acceptors (Lipinski definition) is 6. The summed E-state index contributed by atoms with van der Waals surface area (Å²) in [6.45, 7) is 0. The Labute approximate surface area is 128 Å². The number of ether oxygens (including phenoxy) is 1. The zero-order valence-electron chi connectivity index (χ0n) is 12.7. The van der Waals surface area contributed by atoms with Gasteiger partial charge in [0.25, 0.3) is 0 Å². The molecule has 0 radical (unpaired) electrons. The summed E-state index contributed by atoms with van der Waals surface area (Å²) >= 11 is 0. The van der Waals surface area contributed by atoms with E-state index in [1.807, 2.05) is 55.8 Å². The summed E-state index contributed by atoms with van der Waals surface area (Å²) < 4.78 is 7.24. The van der Waals surface area contributed by atoms with Crippen LogP contribution in [-0.2, 0) is 7.05 Å². The molecule has 2 heterocycles. The molecule has 1 aliphatic rings. The minimum atomic E-state index is 0.633. The molecule has 0 saturated heterocycles. The van der Waals surface area contributed by atoms with Crippen molar-refractivity contribution in [3.05, 3.63) is 48.7 Å². The molecule has 22 heavy (non-hydrogen) atoms. The predicted molar refractivity (Wildman–Crippen MR) is 84.7 cm³/mol. The van der Waals surface area contributed by atoms with Gasteiger partial charge in [-0.25, -0.2) is 4.98 Å². The number of rotatable bonds is 4. The van der Waals surface area contributed by atoms with E-state index in [0.29, 0.717) is 11.6 Å². The summed E-state index contributed by atoms with van der Waals surface area (Å²) in [5.41, 5.74) is 5.73. The average Bonchev–Trinajstić information content (AvgIpc) is 2.96. The first kappa shape index (κ1) is 14.0. The molecule has 3 rings (SSSR count). The lowest BCUT2D eigenvalue weighted by atomic mass is 10.1. The Morgan fingerprint density at radius 1 is 1.27 bits per heavy atom. The summed E-state index contributed by atoms with van der Waals surface area (Å²) in [6.07, 6.45) is 7.45. The first-order valence-electron chi connectivity index (χ1n) is 6.85. The highest BCUT2D eigenvalue weighted by atomic mass is 16.5. The third-order valence-electron chi connectivity index (χ3n) is 3.24. The van der Waals surface area contributed by atoms with Crippen LogP contribution in [0.15, 0.2) is 48.7 Å². The van der Waals surface area contributed by atoms with Crippen molar-refractivity contribution in [2.45, 2.75) is 0 Å². The van der Waals surface area contributed by atoms with Crippen molar-refractivity contribution in [2.24, 2.45) is 7.05 Å². The van der Waals surface area contributed by atoms with Crippen molar-refractivity contribution in [3.8, 4) is 17.1 Å². The van der Waals surface area contributed by atoms with E-state index in [0.717, 1.165) is 16.9 Å². The van der Waals surface area contributed by atoms with Crippen LogP contribution in [0.25, 0.3) is 11.4 Å². The molecule has 2 N–H and O–H groups in total. The maximum absolute atomic E-state index is 5.57. The van der Waals surface area contributed by atoms with Gasteiger partial charge in [-0.15, -0.1) is 0 Å². The number of nitrogens with one attached hydrogen (secondary N) is 2. The molecule has 1 aromatic carbocycles. The monoisotopic (exact) mass is 298 g/mol. The maximum atomic E-state index is 5.57. The summed E-state index contributed by atoms with van der Waals surface area (Å²) in [5, 5.41) is 9.53. The summed E-state index contributed by atoms with van der Waals surface area (Å²) in [7, 11) is 5.41. The van der Waals surface area contributed by atoms with Gasteiger partial charge in [-0.1, -0.05) is 6.07 Å². The molecule has 1 aliphatic heterocycles. The Balaban J connectivity index is 1.94. The number of para-hydroxylation sites is 1. The first-order valence-corrected chi connectivity index (χ1v) is 6.85. The molecular weight excluding hydrogens is 280 g/mol. The van der Waals surface area contributed by atoms with Crippen molar-refractivity contribution < 1.29 is 4.74 Å². The Bertz CT molecular complexity index is 733. The Morgan fingerprint density at radius 2 is 2.14 bits per heavy atom. The lowest BCUT2D eigenvalue weighted by Crippen LogP contribution is -2.28. The number of allylic oxidation sites excluding steroid dienone is 1. The van der Waals surface area contributed by atoms with Crippen LogP contribution in [0, 0.1) is 0 Å². The summed E-state index contributed by atoms with van der Waals surface area (Å²) in [4.78, 5) is 4.29. The quantitative estimate of drug-likeness (QED) is 0.895. The Morgan fingerprint density at radius 3 is 2.77 bits per heavy atom. The van der Waals surface area contributed by atoms with E-state index in [9.17, 15) is 0 Å². The van der Waals surface area contributed by atoms with E-state index in [1.54, 1.807) is 18.1 Å². The number of aryl methyl sites for hydroxylation is 1. The highest BCUT2D eigenvalue weighted by Crippen LogP contribution is 2.35. The largest absolute Gasteiger partial charge is 0.494 e. The number of nitrogens with zero attached hydrogens (tertiary/aromatic N) is 4. The number of benzene rings is 1. The fourth-order valence-electron chi connectivity index (χ4n) is 2.18. The van der Waals surface area contributed by atoms with Crippen LogP contribution in [-0.4, -0.2) is 33.9 Å². The molecular formula is C15H18N6O. The molecule has 7 nitrogen and oxygen atoms in total. The Hall–Kier alpha value is -2.96. The van der Waals surface area contributed by atoms with Gasteiger partial charge in [0.15, 0.2) is 11.6 Å². The van der Waals surface area contributed by atoms with Gasteiger partial charge in [0.05, 0.1) is 24.1 Å². The molecule has 0 aliphatic carbocycles. The fourth-order valence-corrected chi connectivity index (χ4v) is 2.18. The van der Waals surface area contributed by atoms with Crippen molar-refractivity contribution in [3.63, 3.8) is 0 Å². The SMILES string of the molecule is COc1c(NC2=CNN(C)C=C2)cccc1-c1ncn(C)n1. The van der Waals surface area contributed by atoms with Gasteiger partial charge in [-0.2, -0.15) is 5.10 Å². The van der Waals surface area contributed by atoms with Crippen LogP contribution < -0.4 is 15.5 Å². The minimum absolute atomic E-state index is 0.633. The normalized spacial score (nSPS) is 13.6. The smallest absolute Gasteiger partial charge is 0.184 e. The van der Waals surface area contributed by atoms with Gasteiger partial charge in [-0.3, -0.25) is 9.69 Å². The molecule has 0 saturated carbocycles. The molecule has 0 amide bonds. The van der Waals surface area contributed by atoms with Gasteiger partial charge >= 0.3 is 0 Å². The van der Waals surface area contributed by atoms with Crippen LogP contribution >= 0.6 is 0 Å². The third-order valence-corrected chi connectivity index (χ3v) is 3.24. The summed E-state index contributed by atoms with van der Waals surface area (Å²) in [5.74, 6) is 1.34.